The van der Waals surface area contributed by atoms with E-state index in [0.29, 0.717) is 11.1 Å². The molecule has 1 saturated carbocycles. The summed E-state index contributed by atoms with van der Waals surface area (Å²) in [7, 11) is 0. The van der Waals surface area contributed by atoms with E-state index >= 15 is 0 Å². The zero-order chi connectivity index (χ0) is 19.7. The molecule has 1 aliphatic rings. The highest BCUT2D eigenvalue weighted by Crippen LogP contribution is 2.27. The van der Waals surface area contributed by atoms with Crippen molar-refractivity contribution in [2.75, 3.05) is 0 Å². The number of carbonyl (C=O) groups is 1. The maximum Gasteiger partial charge on any atom is 0.254 e. The Morgan fingerprint density at radius 2 is 1.89 bits per heavy atom. The van der Waals surface area contributed by atoms with Crippen molar-refractivity contribution in [1.29, 1.82) is 0 Å². The lowest BCUT2D eigenvalue weighted by molar-refractivity contribution is 0.0663. The maximum atomic E-state index is 13.6. The molecule has 3 aromatic rings. The van der Waals surface area contributed by atoms with Gasteiger partial charge in [-0.15, -0.1) is 0 Å². The minimum Gasteiger partial charge on any atom is -0.331 e. The van der Waals surface area contributed by atoms with Gasteiger partial charge < -0.3 is 9.88 Å². The first kappa shape index (κ1) is 18.4. The number of nitrogens with zero attached hydrogens (tertiary/aromatic N) is 1. The Kier molecular flexibility index (Phi) is 4.99. The van der Waals surface area contributed by atoms with Crippen molar-refractivity contribution >= 4 is 16.8 Å². The number of aromatic nitrogens is 1. The number of nitrogens with one attached hydrogen (secondary N) is 1. The summed E-state index contributed by atoms with van der Waals surface area (Å²) in [5.74, 6) is -0.661. The molecule has 0 aliphatic heterocycles. The molecule has 144 valence electrons. The molecule has 0 spiro atoms. The van der Waals surface area contributed by atoms with Gasteiger partial charge in [0.05, 0.1) is 12.1 Å². The Bertz CT molecular complexity index is 1080. The van der Waals surface area contributed by atoms with E-state index in [9.17, 15) is 14.0 Å². The van der Waals surface area contributed by atoms with Crippen LogP contribution in [-0.2, 0) is 6.54 Å². The number of para-hydroxylation sites is 1. The standard InChI is InChI=1S/C23H23FN2O2/c1-15-6-4-7-16-12-18(22(27)25-21(15)16)14-26(20-10-2-3-11-20)23(28)17-8-5-9-19(24)13-17/h4-9,12-13,20H,2-3,10-11,14H2,1H3,(H,25,27). The highest BCUT2D eigenvalue weighted by Gasteiger charge is 2.28. The lowest BCUT2D eigenvalue weighted by Gasteiger charge is -2.29. The average Bonchev–Trinajstić information content (AvgIpc) is 3.21. The number of rotatable bonds is 4. The van der Waals surface area contributed by atoms with Gasteiger partial charge in [-0.05, 0) is 55.0 Å². The molecule has 28 heavy (non-hydrogen) atoms. The Morgan fingerprint density at radius 1 is 1.14 bits per heavy atom. The van der Waals surface area contributed by atoms with E-state index < -0.39 is 5.82 Å². The van der Waals surface area contributed by atoms with Gasteiger partial charge in [0.1, 0.15) is 5.82 Å². The van der Waals surface area contributed by atoms with Gasteiger partial charge in [0.25, 0.3) is 11.5 Å². The molecule has 1 heterocycles. The molecule has 1 N–H and O–H groups in total. The third kappa shape index (κ3) is 3.57. The second-order valence-electron chi connectivity index (χ2n) is 7.54. The molecule has 1 aliphatic carbocycles. The summed E-state index contributed by atoms with van der Waals surface area (Å²) < 4.78 is 13.6. The van der Waals surface area contributed by atoms with Gasteiger partial charge in [0.2, 0.25) is 0 Å². The van der Waals surface area contributed by atoms with Crippen LogP contribution in [0, 0.1) is 12.7 Å². The molecule has 1 aromatic heterocycles. The molecule has 1 fully saturated rings. The highest BCUT2D eigenvalue weighted by molar-refractivity contribution is 5.94. The molecule has 1 amide bonds. The van der Waals surface area contributed by atoms with Crippen LogP contribution in [0.2, 0.25) is 0 Å². The van der Waals surface area contributed by atoms with Crippen molar-refractivity contribution in [1.82, 2.24) is 9.88 Å². The molecule has 0 bridgehead atoms. The van der Waals surface area contributed by atoms with Crippen LogP contribution in [-0.4, -0.2) is 21.8 Å². The van der Waals surface area contributed by atoms with E-state index in [4.69, 9.17) is 0 Å². The third-order valence-electron chi connectivity index (χ3n) is 5.60. The fourth-order valence-electron chi connectivity index (χ4n) is 4.10. The van der Waals surface area contributed by atoms with Crippen molar-refractivity contribution in [2.45, 2.75) is 45.2 Å². The van der Waals surface area contributed by atoms with Crippen LogP contribution in [0.15, 0.2) is 53.3 Å². The van der Waals surface area contributed by atoms with Crippen LogP contribution in [0.3, 0.4) is 0 Å². The van der Waals surface area contributed by atoms with Crippen molar-refractivity contribution < 1.29 is 9.18 Å². The second kappa shape index (κ2) is 7.58. The Morgan fingerprint density at radius 3 is 2.64 bits per heavy atom. The lowest BCUT2D eigenvalue weighted by atomic mass is 10.1. The SMILES string of the molecule is Cc1cccc2cc(CN(C(=O)c3cccc(F)c3)C3CCCC3)c(=O)[nH]c12. The lowest BCUT2D eigenvalue weighted by Crippen LogP contribution is -2.39. The molecule has 4 nitrogen and oxygen atoms in total. The largest absolute Gasteiger partial charge is 0.331 e. The number of H-pyrrole nitrogens is 1. The van der Waals surface area contributed by atoms with Gasteiger partial charge in [0.15, 0.2) is 0 Å². The third-order valence-corrected chi connectivity index (χ3v) is 5.60. The molecule has 4 rings (SSSR count). The summed E-state index contributed by atoms with van der Waals surface area (Å²) in [6, 6.07) is 13.6. The quantitative estimate of drug-likeness (QED) is 0.724. The van der Waals surface area contributed by atoms with Gasteiger partial charge in [-0.25, -0.2) is 4.39 Å². The normalized spacial score (nSPS) is 14.5. The number of aromatic amines is 1. The molecule has 0 saturated heterocycles. The van der Waals surface area contributed by atoms with Crippen molar-refractivity contribution in [3.63, 3.8) is 0 Å². The molecular weight excluding hydrogens is 355 g/mol. The first-order chi connectivity index (χ1) is 13.5. The predicted molar refractivity (Wildman–Crippen MR) is 108 cm³/mol. The number of hydrogen-bond acceptors (Lipinski definition) is 2. The van der Waals surface area contributed by atoms with Crippen LogP contribution in [0.1, 0.15) is 47.2 Å². The molecule has 0 radical (unpaired) electrons. The first-order valence-corrected chi connectivity index (χ1v) is 9.71. The van der Waals surface area contributed by atoms with E-state index in [2.05, 4.69) is 4.98 Å². The number of fused-ring (bicyclic) bond motifs is 1. The molecular formula is C23H23FN2O2. The fourth-order valence-corrected chi connectivity index (χ4v) is 4.10. The Hall–Kier alpha value is -2.95. The van der Waals surface area contributed by atoms with Crippen molar-refractivity contribution in [3.05, 3.63) is 81.4 Å². The zero-order valence-electron chi connectivity index (χ0n) is 15.9. The average molecular weight is 378 g/mol. The summed E-state index contributed by atoms with van der Waals surface area (Å²) in [4.78, 5) is 30.6. The summed E-state index contributed by atoms with van der Waals surface area (Å²) >= 11 is 0. The topological polar surface area (TPSA) is 53.2 Å². The smallest absolute Gasteiger partial charge is 0.254 e. The zero-order valence-corrected chi connectivity index (χ0v) is 15.9. The summed E-state index contributed by atoms with van der Waals surface area (Å²) in [6.45, 7) is 2.18. The predicted octanol–water partition coefficient (Wildman–Crippen LogP) is 4.56. The van der Waals surface area contributed by atoms with E-state index in [0.717, 1.165) is 42.1 Å². The van der Waals surface area contributed by atoms with E-state index in [1.165, 1.54) is 12.1 Å². The minimum atomic E-state index is -0.434. The van der Waals surface area contributed by atoms with Crippen LogP contribution in [0.25, 0.3) is 10.9 Å². The first-order valence-electron chi connectivity index (χ1n) is 9.71. The van der Waals surface area contributed by atoms with Gasteiger partial charge in [-0.2, -0.15) is 0 Å². The number of pyridine rings is 1. The number of aryl methyl sites for hydroxylation is 1. The summed E-state index contributed by atoms with van der Waals surface area (Å²) in [5.41, 5.74) is 2.51. The summed E-state index contributed by atoms with van der Waals surface area (Å²) in [6.07, 6.45) is 3.94. The van der Waals surface area contributed by atoms with Crippen LogP contribution < -0.4 is 5.56 Å². The second-order valence-corrected chi connectivity index (χ2v) is 7.54. The van der Waals surface area contributed by atoms with E-state index in [-0.39, 0.29) is 24.1 Å². The van der Waals surface area contributed by atoms with Crippen LogP contribution in [0.4, 0.5) is 4.39 Å². The van der Waals surface area contributed by atoms with Gasteiger partial charge >= 0.3 is 0 Å². The van der Waals surface area contributed by atoms with Crippen molar-refractivity contribution in [2.24, 2.45) is 0 Å². The number of benzene rings is 2. The van der Waals surface area contributed by atoms with Gasteiger partial charge in [0, 0.05) is 17.2 Å². The number of hydrogen-bond donors (Lipinski definition) is 1. The molecule has 5 heteroatoms. The van der Waals surface area contributed by atoms with Crippen LogP contribution in [0.5, 0.6) is 0 Å². The van der Waals surface area contributed by atoms with Gasteiger partial charge in [-0.3, -0.25) is 9.59 Å². The number of carbonyl (C=O) groups excluding carboxylic acids is 1. The summed E-state index contributed by atoms with van der Waals surface area (Å²) in [5, 5.41) is 0.944. The number of amides is 1. The number of halogens is 1. The Labute approximate surface area is 163 Å². The van der Waals surface area contributed by atoms with E-state index in [1.807, 2.05) is 31.2 Å². The maximum absolute atomic E-state index is 13.6. The minimum absolute atomic E-state index is 0.0726. The van der Waals surface area contributed by atoms with Gasteiger partial charge in [-0.1, -0.05) is 37.1 Å². The fraction of sp³-hybridized carbons (Fsp3) is 0.304. The van der Waals surface area contributed by atoms with Crippen molar-refractivity contribution in [3.8, 4) is 0 Å². The molecule has 0 atom stereocenters. The Balaban J connectivity index is 1.72. The molecule has 2 aromatic carbocycles. The highest BCUT2D eigenvalue weighted by atomic mass is 19.1. The van der Waals surface area contributed by atoms with Crippen LogP contribution >= 0.6 is 0 Å². The monoisotopic (exact) mass is 378 g/mol. The van der Waals surface area contributed by atoms with E-state index in [1.54, 1.807) is 17.0 Å². The molecule has 0 unspecified atom stereocenters.